The smallest absolute Gasteiger partial charge is 0.275 e. The molecule has 0 aliphatic carbocycles. The number of nitrogens with one attached hydrogen (secondary N) is 1. The van der Waals surface area contributed by atoms with Crippen LogP contribution in [-0.4, -0.2) is 32.5 Å². The second-order valence-electron chi connectivity index (χ2n) is 6.66. The molecule has 0 aliphatic heterocycles. The Bertz CT molecular complexity index is 1230. The fourth-order valence-electron chi connectivity index (χ4n) is 2.93. The monoisotopic (exact) mass is 420 g/mol. The first-order chi connectivity index (χ1) is 14.5. The van der Waals surface area contributed by atoms with Gasteiger partial charge in [0.15, 0.2) is 0 Å². The number of rotatable bonds is 6. The van der Waals surface area contributed by atoms with Crippen molar-refractivity contribution in [3.8, 4) is 0 Å². The first kappa shape index (κ1) is 19.7. The Morgan fingerprint density at radius 1 is 1.17 bits per heavy atom. The molecule has 0 spiro atoms. The lowest BCUT2D eigenvalue weighted by Gasteiger charge is -2.17. The number of aromatic nitrogens is 4. The van der Waals surface area contributed by atoms with Crippen LogP contribution < -0.4 is 15.8 Å². The van der Waals surface area contributed by atoms with Gasteiger partial charge in [-0.1, -0.05) is 30.4 Å². The number of carbonyl (C=O) groups is 1. The summed E-state index contributed by atoms with van der Waals surface area (Å²) in [7, 11) is 1.74. The molecule has 0 saturated carbocycles. The van der Waals surface area contributed by atoms with Crippen LogP contribution in [0.25, 0.3) is 4.96 Å². The zero-order valence-electron chi connectivity index (χ0n) is 16.6. The van der Waals surface area contributed by atoms with E-state index in [2.05, 4.69) is 20.4 Å². The van der Waals surface area contributed by atoms with Gasteiger partial charge in [0.25, 0.3) is 11.5 Å². The molecule has 3 heterocycles. The minimum Gasteiger partial charge on any atom is -0.356 e. The topological polar surface area (TPSA) is 92.5 Å². The van der Waals surface area contributed by atoms with Crippen molar-refractivity contribution in [2.24, 2.45) is 0 Å². The summed E-state index contributed by atoms with van der Waals surface area (Å²) in [4.78, 5) is 35.2. The maximum absolute atomic E-state index is 12.5. The minimum atomic E-state index is -0.174. The van der Waals surface area contributed by atoms with Gasteiger partial charge in [-0.05, 0) is 36.2 Å². The van der Waals surface area contributed by atoms with E-state index >= 15 is 0 Å². The average Bonchev–Trinajstić information content (AvgIpc) is 3.21. The Hall–Kier alpha value is -3.59. The average molecular weight is 420 g/mol. The SMILES string of the molecule is CCc1cc(=O)n2nc(NCc3ccc(N(C)C(=O)c4ccncc4)cc3)sc2n1. The number of anilines is 2. The van der Waals surface area contributed by atoms with Crippen molar-refractivity contribution in [2.75, 3.05) is 17.3 Å². The van der Waals surface area contributed by atoms with E-state index in [1.54, 1.807) is 36.5 Å². The van der Waals surface area contributed by atoms with Gasteiger partial charge in [-0.25, -0.2) is 4.98 Å². The van der Waals surface area contributed by atoms with Gasteiger partial charge in [-0.15, -0.1) is 5.10 Å². The lowest BCUT2D eigenvalue weighted by atomic mass is 10.1. The van der Waals surface area contributed by atoms with E-state index in [-0.39, 0.29) is 11.5 Å². The highest BCUT2D eigenvalue weighted by molar-refractivity contribution is 7.20. The molecule has 0 fully saturated rings. The number of pyridine rings is 1. The molecule has 1 amide bonds. The predicted octanol–water partition coefficient (Wildman–Crippen LogP) is 3.00. The highest BCUT2D eigenvalue weighted by atomic mass is 32.1. The van der Waals surface area contributed by atoms with E-state index in [1.807, 2.05) is 31.2 Å². The molecule has 8 nitrogen and oxygen atoms in total. The molecule has 9 heteroatoms. The van der Waals surface area contributed by atoms with Gasteiger partial charge in [0.05, 0.1) is 0 Å². The third-order valence-electron chi connectivity index (χ3n) is 4.66. The number of fused-ring (bicyclic) bond motifs is 1. The van der Waals surface area contributed by atoms with Gasteiger partial charge >= 0.3 is 0 Å². The summed E-state index contributed by atoms with van der Waals surface area (Å²) in [5.41, 5.74) is 2.99. The van der Waals surface area contributed by atoms with Crippen LogP contribution >= 0.6 is 11.3 Å². The first-order valence-corrected chi connectivity index (χ1v) is 10.3. The lowest BCUT2D eigenvalue weighted by molar-refractivity contribution is 0.0993. The molecule has 0 saturated heterocycles. The van der Waals surface area contributed by atoms with Gasteiger partial charge in [-0.3, -0.25) is 14.6 Å². The third-order valence-corrected chi connectivity index (χ3v) is 5.53. The molecule has 30 heavy (non-hydrogen) atoms. The molecule has 1 N–H and O–H groups in total. The van der Waals surface area contributed by atoms with E-state index in [9.17, 15) is 9.59 Å². The first-order valence-electron chi connectivity index (χ1n) is 9.46. The fraction of sp³-hybridized carbons (Fsp3) is 0.190. The Morgan fingerprint density at radius 3 is 2.60 bits per heavy atom. The quantitative estimate of drug-likeness (QED) is 0.516. The molecule has 1 aromatic carbocycles. The second-order valence-corrected chi connectivity index (χ2v) is 7.62. The van der Waals surface area contributed by atoms with E-state index in [0.717, 1.165) is 16.9 Å². The molecular weight excluding hydrogens is 400 g/mol. The van der Waals surface area contributed by atoms with Crippen molar-refractivity contribution in [3.63, 3.8) is 0 Å². The predicted molar refractivity (Wildman–Crippen MR) is 117 cm³/mol. The van der Waals surface area contributed by atoms with Crippen molar-refractivity contribution in [2.45, 2.75) is 19.9 Å². The lowest BCUT2D eigenvalue weighted by Crippen LogP contribution is -2.26. The van der Waals surface area contributed by atoms with Crippen LogP contribution in [0.2, 0.25) is 0 Å². The Balaban J connectivity index is 1.44. The van der Waals surface area contributed by atoms with Crippen molar-refractivity contribution in [3.05, 3.63) is 82.0 Å². The van der Waals surface area contributed by atoms with Gasteiger partial charge in [0.1, 0.15) is 0 Å². The van der Waals surface area contributed by atoms with Crippen LogP contribution in [0.5, 0.6) is 0 Å². The van der Waals surface area contributed by atoms with Crippen molar-refractivity contribution in [1.82, 2.24) is 19.6 Å². The number of nitrogens with zero attached hydrogens (tertiary/aromatic N) is 5. The fourth-order valence-corrected chi connectivity index (χ4v) is 3.75. The largest absolute Gasteiger partial charge is 0.356 e. The molecule has 4 aromatic rings. The molecule has 0 unspecified atom stereocenters. The Kier molecular flexibility index (Phi) is 5.53. The number of aryl methyl sites for hydroxylation is 1. The van der Waals surface area contributed by atoms with Crippen LogP contribution in [-0.2, 0) is 13.0 Å². The Labute approximate surface area is 176 Å². The van der Waals surface area contributed by atoms with Gasteiger partial charge in [-0.2, -0.15) is 4.52 Å². The van der Waals surface area contributed by atoms with Crippen LogP contribution in [0.1, 0.15) is 28.5 Å². The van der Waals surface area contributed by atoms with Crippen molar-refractivity contribution >= 4 is 33.0 Å². The highest BCUT2D eigenvalue weighted by Crippen LogP contribution is 2.20. The van der Waals surface area contributed by atoms with Crippen LogP contribution in [0.15, 0.2) is 59.7 Å². The summed E-state index contributed by atoms with van der Waals surface area (Å²) in [6, 6.07) is 12.6. The molecule has 152 valence electrons. The van der Waals surface area contributed by atoms with Gasteiger partial charge < -0.3 is 10.2 Å². The number of amides is 1. The van der Waals surface area contributed by atoms with E-state index < -0.39 is 0 Å². The van der Waals surface area contributed by atoms with E-state index in [0.29, 0.717) is 28.6 Å². The summed E-state index contributed by atoms with van der Waals surface area (Å²) < 4.78 is 1.31. The molecule has 0 aliphatic rings. The number of benzene rings is 1. The minimum absolute atomic E-state index is 0.0952. The molecule has 0 radical (unpaired) electrons. The summed E-state index contributed by atoms with van der Waals surface area (Å²) in [5.74, 6) is -0.0952. The highest BCUT2D eigenvalue weighted by Gasteiger charge is 2.13. The van der Waals surface area contributed by atoms with Crippen molar-refractivity contribution < 1.29 is 4.79 Å². The summed E-state index contributed by atoms with van der Waals surface area (Å²) in [6.07, 6.45) is 3.91. The third kappa shape index (κ3) is 4.06. The summed E-state index contributed by atoms with van der Waals surface area (Å²) in [6.45, 7) is 2.50. The zero-order chi connectivity index (χ0) is 21.1. The molecule has 0 atom stereocenters. The molecular formula is C21H20N6O2S. The maximum Gasteiger partial charge on any atom is 0.275 e. The normalized spacial score (nSPS) is 10.9. The van der Waals surface area contributed by atoms with Crippen LogP contribution in [0.3, 0.4) is 0 Å². The second kappa shape index (κ2) is 8.42. The van der Waals surface area contributed by atoms with Crippen LogP contribution in [0, 0.1) is 0 Å². The molecule has 3 aromatic heterocycles. The van der Waals surface area contributed by atoms with E-state index in [4.69, 9.17) is 0 Å². The number of carbonyl (C=O) groups excluding carboxylic acids is 1. The zero-order valence-corrected chi connectivity index (χ0v) is 17.4. The van der Waals surface area contributed by atoms with Crippen molar-refractivity contribution in [1.29, 1.82) is 0 Å². The summed E-state index contributed by atoms with van der Waals surface area (Å²) in [5, 5.41) is 8.16. The van der Waals surface area contributed by atoms with Gasteiger partial charge in [0.2, 0.25) is 10.1 Å². The maximum atomic E-state index is 12.5. The number of hydrogen-bond acceptors (Lipinski definition) is 7. The Morgan fingerprint density at radius 2 is 1.90 bits per heavy atom. The molecule has 0 bridgehead atoms. The van der Waals surface area contributed by atoms with Gasteiger partial charge in [0, 0.05) is 49.0 Å². The molecule has 4 rings (SSSR count). The summed E-state index contributed by atoms with van der Waals surface area (Å²) >= 11 is 1.34. The van der Waals surface area contributed by atoms with Crippen LogP contribution in [0.4, 0.5) is 10.8 Å². The van der Waals surface area contributed by atoms with E-state index in [1.165, 1.54) is 21.9 Å². The number of hydrogen-bond donors (Lipinski definition) is 1. The standard InChI is InChI=1S/C21H20N6O2S/c1-3-16-12-18(28)27-21(24-16)30-20(25-27)23-13-14-4-6-17(7-5-14)26(2)19(29)15-8-10-22-11-9-15/h4-12H,3,13H2,1-2H3,(H,23,25).